The molecule has 0 aliphatic rings. The molecule has 0 atom stereocenters. The van der Waals surface area contributed by atoms with Crippen molar-refractivity contribution in [2.24, 2.45) is 0 Å². The molecule has 0 unspecified atom stereocenters. The summed E-state index contributed by atoms with van der Waals surface area (Å²) in [6, 6.07) is 0. The lowest BCUT2D eigenvalue weighted by Gasteiger charge is -2.10. The van der Waals surface area contributed by atoms with Crippen molar-refractivity contribution in [2.45, 2.75) is 12.8 Å². The molecule has 0 bridgehead atoms. The van der Waals surface area contributed by atoms with Gasteiger partial charge in [0, 0.05) is 10.7 Å². The summed E-state index contributed by atoms with van der Waals surface area (Å²) in [7, 11) is 1.22. The van der Waals surface area contributed by atoms with Gasteiger partial charge in [-0.1, -0.05) is 0 Å². The maximum atomic E-state index is 12.6. The summed E-state index contributed by atoms with van der Waals surface area (Å²) in [6.07, 6.45) is -1.62. The van der Waals surface area contributed by atoms with Crippen LogP contribution in [0.5, 0.6) is 0 Å². The highest BCUT2D eigenvalue weighted by Crippen LogP contribution is 2.33. The third kappa shape index (κ3) is 2.66. The number of nitrogens with zero attached hydrogens (tertiary/aromatic N) is 1. The van der Waals surface area contributed by atoms with E-state index in [0.29, 0.717) is 5.56 Å². The van der Waals surface area contributed by atoms with E-state index in [2.05, 4.69) is 25.7 Å². The largest absolute Gasteiger partial charge is 0.469 e. The second kappa shape index (κ2) is 5.20. The van der Waals surface area contributed by atoms with Gasteiger partial charge in [-0.05, 0) is 21.5 Å². The van der Waals surface area contributed by atoms with E-state index in [9.17, 15) is 13.6 Å². The number of rotatable bonds is 3. The molecule has 0 aliphatic carbocycles. The van der Waals surface area contributed by atoms with Crippen LogP contribution in [0.2, 0.25) is 0 Å². The highest BCUT2D eigenvalue weighted by atomic mass is 79.9. The number of methoxy groups -OCH3 is 1. The first kappa shape index (κ1) is 12.8. The SMILES string of the molecule is COC(=O)Cc1cnc(N)c(C(F)F)c1Br. The number of alkyl halides is 2. The van der Waals surface area contributed by atoms with Crippen LogP contribution < -0.4 is 5.73 Å². The van der Waals surface area contributed by atoms with Crippen molar-refractivity contribution in [1.82, 2.24) is 4.98 Å². The number of hydrogen-bond donors (Lipinski definition) is 1. The van der Waals surface area contributed by atoms with Gasteiger partial charge >= 0.3 is 5.97 Å². The minimum Gasteiger partial charge on any atom is -0.469 e. The van der Waals surface area contributed by atoms with E-state index in [-0.39, 0.29) is 16.7 Å². The van der Waals surface area contributed by atoms with Crippen molar-refractivity contribution in [2.75, 3.05) is 12.8 Å². The predicted molar refractivity (Wildman–Crippen MR) is 57.0 cm³/mol. The Morgan fingerprint density at radius 2 is 2.31 bits per heavy atom. The van der Waals surface area contributed by atoms with Crippen molar-refractivity contribution in [1.29, 1.82) is 0 Å². The van der Waals surface area contributed by atoms with Gasteiger partial charge in [0.05, 0.1) is 19.1 Å². The summed E-state index contributed by atoms with van der Waals surface area (Å²) in [5, 5.41) is 0. The third-order valence-electron chi connectivity index (χ3n) is 1.93. The van der Waals surface area contributed by atoms with Crippen molar-refractivity contribution < 1.29 is 18.3 Å². The zero-order valence-corrected chi connectivity index (χ0v) is 9.92. The molecular formula is C9H9BrF2N2O2. The minimum atomic E-state index is -2.75. The van der Waals surface area contributed by atoms with Crippen molar-refractivity contribution in [3.63, 3.8) is 0 Å². The Kier molecular flexibility index (Phi) is 4.17. The number of pyridine rings is 1. The maximum absolute atomic E-state index is 12.6. The number of halogens is 3. The van der Waals surface area contributed by atoms with Crippen LogP contribution in [-0.2, 0) is 16.0 Å². The van der Waals surface area contributed by atoms with Crippen LogP contribution in [0.1, 0.15) is 17.6 Å². The van der Waals surface area contributed by atoms with Gasteiger partial charge in [-0.3, -0.25) is 4.79 Å². The average Bonchev–Trinajstić information content (AvgIpc) is 2.21. The second-order valence-electron chi connectivity index (χ2n) is 2.95. The van der Waals surface area contributed by atoms with Crippen LogP contribution in [0.15, 0.2) is 10.7 Å². The Hall–Kier alpha value is -1.24. The highest BCUT2D eigenvalue weighted by molar-refractivity contribution is 9.10. The first-order valence-electron chi connectivity index (χ1n) is 4.25. The monoisotopic (exact) mass is 294 g/mol. The molecule has 0 aromatic carbocycles. The molecule has 0 saturated carbocycles. The number of nitrogen functional groups attached to an aromatic ring is 1. The van der Waals surface area contributed by atoms with Gasteiger partial charge < -0.3 is 10.5 Å². The number of hydrogen-bond acceptors (Lipinski definition) is 4. The molecule has 88 valence electrons. The van der Waals surface area contributed by atoms with E-state index in [1.54, 1.807) is 0 Å². The van der Waals surface area contributed by atoms with Crippen LogP contribution in [0.3, 0.4) is 0 Å². The summed E-state index contributed by atoms with van der Waals surface area (Å²) in [4.78, 5) is 14.6. The van der Waals surface area contributed by atoms with Gasteiger partial charge in [-0.15, -0.1) is 0 Å². The summed E-state index contributed by atoms with van der Waals surface area (Å²) in [5.41, 5.74) is 5.23. The lowest BCUT2D eigenvalue weighted by atomic mass is 10.1. The van der Waals surface area contributed by atoms with E-state index >= 15 is 0 Å². The van der Waals surface area contributed by atoms with Gasteiger partial charge in [0.2, 0.25) is 0 Å². The number of nitrogens with two attached hydrogens (primary N) is 1. The predicted octanol–water partition coefficient (Wildman–Crippen LogP) is 2.08. The molecule has 0 fully saturated rings. The molecule has 1 heterocycles. The number of esters is 1. The van der Waals surface area contributed by atoms with E-state index < -0.39 is 18.0 Å². The molecule has 0 saturated heterocycles. The standard InChI is InChI=1S/C9H9BrF2N2O2/c1-16-5(15)2-4-3-14-9(13)6(7(4)10)8(11)12/h3,8H,2H2,1H3,(H2,13,14). The highest BCUT2D eigenvalue weighted by Gasteiger charge is 2.20. The van der Waals surface area contributed by atoms with Gasteiger partial charge in [0.25, 0.3) is 6.43 Å². The smallest absolute Gasteiger partial charge is 0.310 e. The molecule has 0 spiro atoms. The van der Waals surface area contributed by atoms with Crippen LogP contribution in [0.4, 0.5) is 14.6 Å². The Labute approximate surface area is 98.9 Å². The van der Waals surface area contributed by atoms with Crippen LogP contribution >= 0.6 is 15.9 Å². The van der Waals surface area contributed by atoms with Crippen LogP contribution in [0.25, 0.3) is 0 Å². The zero-order chi connectivity index (χ0) is 12.3. The summed E-state index contributed by atoms with van der Waals surface area (Å²) in [5.74, 6) is -0.789. The Balaban J connectivity index is 3.13. The second-order valence-corrected chi connectivity index (χ2v) is 3.74. The van der Waals surface area contributed by atoms with Crippen molar-refractivity contribution >= 4 is 27.7 Å². The number of anilines is 1. The van der Waals surface area contributed by atoms with Gasteiger partial charge in [0.1, 0.15) is 5.82 Å². The normalized spacial score (nSPS) is 10.6. The lowest BCUT2D eigenvalue weighted by Crippen LogP contribution is -2.08. The Bertz CT molecular complexity index is 413. The molecular weight excluding hydrogens is 286 g/mol. The summed E-state index contributed by atoms with van der Waals surface area (Å²) in [6.45, 7) is 0. The fourth-order valence-electron chi connectivity index (χ4n) is 1.12. The molecule has 1 rings (SSSR count). The number of ether oxygens (including phenoxy) is 1. The number of carbonyl (C=O) groups is 1. The summed E-state index contributed by atoms with van der Waals surface area (Å²) >= 11 is 2.98. The quantitative estimate of drug-likeness (QED) is 0.867. The van der Waals surface area contributed by atoms with Crippen LogP contribution in [-0.4, -0.2) is 18.1 Å². The van der Waals surface area contributed by atoms with Gasteiger partial charge in [-0.2, -0.15) is 0 Å². The van der Waals surface area contributed by atoms with Gasteiger partial charge in [-0.25, -0.2) is 13.8 Å². The average molecular weight is 295 g/mol. The lowest BCUT2D eigenvalue weighted by molar-refractivity contribution is -0.139. The Morgan fingerprint density at radius 1 is 1.69 bits per heavy atom. The molecule has 2 N–H and O–H groups in total. The van der Waals surface area contributed by atoms with Crippen molar-refractivity contribution in [3.05, 3.63) is 21.8 Å². The number of carbonyl (C=O) groups excluding carboxylic acids is 1. The van der Waals surface area contributed by atoms with Crippen LogP contribution in [0, 0.1) is 0 Å². The molecule has 0 aliphatic heterocycles. The summed E-state index contributed by atoms with van der Waals surface area (Å²) < 4.78 is 29.8. The maximum Gasteiger partial charge on any atom is 0.310 e. The van der Waals surface area contributed by atoms with Crippen molar-refractivity contribution in [3.8, 4) is 0 Å². The molecule has 1 aromatic heterocycles. The molecule has 7 heteroatoms. The number of aromatic nitrogens is 1. The van der Waals surface area contributed by atoms with Gasteiger partial charge in [0.15, 0.2) is 0 Å². The first-order chi connectivity index (χ1) is 7.47. The van der Waals surface area contributed by atoms with E-state index in [4.69, 9.17) is 5.73 Å². The van der Waals surface area contributed by atoms with E-state index in [0.717, 1.165) is 0 Å². The zero-order valence-electron chi connectivity index (χ0n) is 8.34. The first-order valence-corrected chi connectivity index (χ1v) is 5.04. The third-order valence-corrected chi connectivity index (χ3v) is 2.87. The molecule has 4 nitrogen and oxygen atoms in total. The van der Waals surface area contributed by atoms with E-state index in [1.165, 1.54) is 13.3 Å². The molecule has 16 heavy (non-hydrogen) atoms. The fourth-order valence-corrected chi connectivity index (χ4v) is 1.74. The van der Waals surface area contributed by atoms with E-state index in [1.807, 2.05) is 0 Å². The molecule has 0 amide bonds. The molecule has 1 aromatic rings. The minimum absolute atomic E-state index is 0.0976. The Morgan fingerprint density at radius 3 is 2.81 bits per heavy atom. The molecule has 0 radical (unpaired) electrons. The fraction of sp³-hybridized carbons (Fsp3) is 0.333. The topological polar surface area (TPSA) is 65.2 Å².